The molecule has 0 amide bonds. The third kappa shape index (κ3) is 4.52. The van der Waals surface area contributed by atoms with E-state index in [4.69, 9.17) is 13.9 Å². The predicted octanol–water partition coefficient (Wildman–Crippen LogP) is 5.18. The molecule has 174 valence electrons. The van der Waals surface area contributed by atoms with Gasteiger partial charge in [0, 0.05) is 23.6 Å². The van der Waals surface area contributed by atoms with E-state index in [9.17, 15) is 9.90 Å². The number of carboxylic acids is 1. The Labute approximate surface area is 196 Å². The lowest BCUT2D eigenvalue weighted by atomic mass is 9.96. The van der Waals surface area contributed by atoms with Crippen molar-refractivity contribution < 1.29 is 23.8 Å². The van der Waals surface area contributed by atoms with Crippen molar-refractivity contribution in [2.24, 2.45) is 0 Å². The number of methoxy groups -OCH3 is 1. The first-order chi connectivity index (χ1) is 16.6. The van der Waals surface area contributed by atoms with E-state index in [1.807, 2.05) is 24.3 Å². The molecule has 2 aromatic carbocycles. The number of nitrogens with zero attached hydrogens (tertiary/aromatic N) is 2. The van der Waals surface area contributed by atoms with Gasteiger partial charge in [0.15, 0.2) is 0 Å². The van der Waals surface area contributed by atoms with Gasteiger partial charge in [0.1, 0.15) is 34.8 Å². The Morgan fingerprint density at radius 1 is 1.15 bits per heavy atom. The number of carboxylic acid groups (broad SMARTS) is 1. The van der Waals surface area contributed by atoms with Crippen LogP contribution in [-0.2, 0) is 6.42 Å². The Kier molecular flexibility index (Phi) is 6.03. The van der Waals surface area contributed by atoms with Crippen molar-refractivity contribution in [2.45, 2.75) is 31.8 Å². The standard InChI is InChI=1S/C26H25N3O5/c1-32-22-12-18-8-10-33-23(18)13-17(22)7-9-27-25-14-21(28-15-29-25)16-5-6-20(26(30)31)24(11-16)34-19-3-2-4-19/h5-6,8,10-15,19H,2-4,7,9H2,1H3,(H,30,31)(H,27,28,29). The zero-order valence-electron chi connectivity index (χ0n) is 18.8. The maximum absolute atomic E-state index is 11.6. The summed E-state index contributed by atoms with van der Waals surface area (Å²) in [5, 5.41) is 13.9. The molecule has 2 aromatic heterocycles. The van der Waals surface area contributed by atoms with Crippen molar-refractivity contribution in [3.8, 4) is 22.8 Å². The molecule has 0 atom stereocenters. The van der Waals surface area contributed by atoms with Crippen molar-refractivity contribution in [3.05, 3.63) is 66.2 Å². The van der Waals surface area contributed by atoms with Crippen LogP contribution in [0.25, 0.3) is 22.2 Å². The molecule has 0 radical (unpaired) electrons. The summed E-state index contributed by atoms with van der Waals surface area (Å²) in [7, 11) is 1.66. The first-order valence-electron chi connectivity index (χ1n) is 11.2. The van der Waals surface area contributed by atoms with Crippen LogP contribution in [0.2, 0.25) is 0 Å². The van der Waals surface area contributed by atoms with Crippen molar-refractivity contribution in [2.75, 3.05) is 19.0 Å². The molecule has 34 heavy (non-hydrogen) atoms. The second kappa shape index (κ2) is 9.43. The lowest BCUT2D eigenvalue weighted by Gasteiger charge is -2.27. The van der Waals surface area contributed by atoms with Gasteiger partial charge in [-0.2, -0.15) is 0 Å². The summed E-state index contributed by atoms with van der Waals surface area (Å²) >= 11 is 0. The smallest absolute Gasteiger partial charge is 0.339 e. The largest absolute Gasteiger partial charge is 0.496 e. The van der Waals surface area contributed by atoms with Crippen LogP contribution in [0.1, 0.15) is 35.2 Å². The van der Waals surface area contributed by atoms with Gasteiger partial charge in [0.05, 0.1) is 25.2 Å². The average molecular weight is 460 g/mol. The molecule has 0 spiro atoms. The highest BCUT2D eigenvalue weighted by atomic mass is 16.5. The van der Waals surface area contributed by atoms with Crippen LogP contribution in [-0.4, -0.2) is 40.8 Å². The molecular weight excluding hydrogens is 434 g/mol. The quantitative estimate of drug-likeness (QED) is 0.352. The average Bonchev–Trinajstić information content (AvgIpc) is 3.28. The fraction of sp³-hybridized carbons (Fsp3) is 0.269. The maximum atomic E-state index is 11.6. The third-order valence-corrected chi connectivity index (χ3v) is 6.08. The lowest BCUT2D eigenvalue weighted by molar-refractivity contribution is 0.0680. The van der Waals surface area contributed by atoms with E-state index in [1.54, 1.807) is 31.6 Å². The van der Waals surface area contributed by atoms with Crippen LogP contribution in [0.5, 0.6) is 11.5 Å². The van der Waals surface area contributed by atoms with Crippen molar-refractivity contribution in [1.82, 2.24) is 9.97 Å². The first kappa shape index (κ1) is 21.8. The van der Waals surface area contributed by atoms with Crippen molar-refractivity contribution in [3.63, 3.8) is 0 Å². The van der Waals surface area contributed by atoms with Crippen LogP contribution in [0, 0.1) is 0 Å². The fourth-order valence-electron chi connectivity index (χ4n) is 3.98. The Hall–Kier alpha value is -4.07. The van der Waals surface area contributed by atoms with Crippen LogP contribution < -0.4 is 14.8 Å². The molecule has 1 saturated carbocycles. The number of ether oxygens (including phenoxy) is 2. The van der Waals surface area contributed by atoms with Gasteiger partial charge in [0.2, 0.25) is 0 Å². The van der Waals surface area contributed by atoms with Crippen molar-refractivity contribution >= 4 is 22.8 Å². The van der Waals surface area contributed by atoms with Crippen LogP contribution in [0.15, 0.2) is 59.5 Å². The summed E-state index contributed by atoms with van der Waals surface area (Å²) in [4.78, 5) is 20.3. The van der Waals surface area contributed by atoms with Gasteiger partial charge in [-0.25, -0.2) is 14.8 Å². The second-order valence-electron chi connectivity index (χ2n) is 8.27. The number of hydrogen-bond acceptors (Lipinski definition) is 7. The monoisotopic (exact) mass is 459 g/mol. The normalized spacial score (nSPS) is 13.4. The molecule has 1 aliphatic carbocycles. The SMILES string of the molecule is COc1cc2ccoc2cc1CCNc1cc(-c2ccc(C(=O)O)c(OC3CCC3)c2)ncn1. The first-order valence-corrected chi connectivity index (χ1v) is 11.2. The number of carbonyl (C=O) groups is 1. The highest BCUT2D eigenvalue weighted by molar-refractivity contribution is 5.92. The van der Waals surface area contributed by atoms with Crippen LogP contribution in [0.4, 0.5) is 5.82 Å². The molecule has 8 heteroatoms. The summed E-state index contributed by atoms with van der Waals surface area (Å²) < 4.78 is 17.0. The highest BCUT2D eigenvalue weighted by Crippen LogP contribution is 2.32. The van der Waals surface area contributed by atoms with E-state index in [0.717, 1.165) is 47.1 Å². The molecule has 5 rings (SSSR count). The molecule has 0 aliphatic heterocycles. The van der Waals surface area contributed by atoms with Gasteiger partial charge in [-0.15, -0.1) is 0 Å². The summed E-state index contributed by atoms with van der Waals surface area (Å²) in [5.74, 6) is 0.862. The number of nitrogens with one attached hydrogen (secondary N) is 1. The van der Waals surface area contributed by atoms with Gasteiger partial charge in [0.25, 0.3) is 0 Å². The molecule has 2 N–H and O–H groups in total. The van der Waals surface area contributed by atoms with Gasteiger partial charge >= 0.3 is 5.97 Å². The summed E-state index contributed by atoms with van der Waals surface area (Å²) in [5.41, 5.74) is 3.47. The minimum atomic E-state index is -1.01. The molecule has 1 fully saturated rings. The number of aromatic carboxylic acids is 1. The summed E-state index contributed by atoms with van der Waals surface area (Å²) in [6, 6.07) is 12.8. The van der Waals surface area contributed by atoms with Gasteiger partial charge in [-0.1, -0.05) is 6.07 Å². The van der Waals surface area contributed by atoms with Crippen molar-refractivity contribution in [1.29, 1.82) is 0 Å². The zero-order valence-corrected chi connectivity index (χ0v) is 18.8. The lowest BCUT2D eigenvalue weighted by Crippen LogP contribution is -2.25. The molecular formula is C26H25N3O5. The fourth-order valence-corrected chi connectivity index (χ4v) is 3.98. The van der Waals surface area contributed by atoms with E-state index in [2.05, 4.69) is 15.3 Å². The number of fused-ring (bicyclic) bond motifs is 1. The minimum Gasteiger partial charge on any atom is -0.496 e. The molecule has 0 unspecified atom stereocenters. The highest BCUT2D eigenvalue weighted by Gasteiger charge is 2.22. The van der Waals surface area contributed by atoms with Crippen LogP contribution in [0.3, 0.4) is 0 Å². The van der Waals surface area contributed by atoms with Gasteiger partial charge in [-0.05, 0) is 61.6 Å². The second-order valence-corrected chi connectivity index (χ2v) is 8.27. The predicted molar refractivity (Wildman–Crippen MR) is 128 cm³/mol. The Morgan fingerprint density at radius 3 is 2.79 bits per heavy atom. The van der Waals surface area contributed by atoms with Gasteiger partial charge < -0.3 is 24.3 Å². The number of furan rings is 1. The molecule has 1 aliphatic rings. The van der Waals surface area contributed by atoms with E-state index < -0.39 is 5.97 Å². The van der Waals surface area contributed by atoms with E-state index in [1.165, 1.54) is 6.33 Å². The summed E-state index contributed by atoms with van der Waals surface area (Å²) in [6.45, 7) is 0.632. The molecule has 4 aromatic rings. The Bertz CT molecular complexity index is 1330. The Balaban J connectivity index is 1.31. The Morgan fingerprint density at radius 2 is 2.03 bits per heavy atom. The molecule has 2 heterocycles. The summed E-state index contributed by atoms with van der Waals surface area (Å²) in [6.07, 6.45) is 6.95. The number of hydrogen-bond donors (Lipinski definition) is 2. The topological polar surface area (TPSA) is 107 Å². The number of anilines is 1. The van der Waals surface area contributed by atoms with E-state index >= 15 is 0 Å². The number of benzene rings is 2. The number of aromatic nitrogens is 2. The van der Waals surface area contributed by atoms with E-state index in [-0.39, 0.29) is 11.7 Å². The maximum Gasteiger partial charge on any atom is 0.339 e. The third-order valence-electron chi connectivity index (χ3n) is 6.08. The molecule has 0 saturated heterocycles. The minimum absolute atomic E-state index is 0.0772. The van der Waals surface area contributed by atoms with E-state index in [0.29, 0.717) is 30.2 Å². The number of rotatable bonds is 9. The zero-order chi connectivity index (χ0) is 23.5. The van der Waals surface area contributed by atoms with Gasteiger partial charge in [-0.3, -0.25) is 0 Å². The molecule has 8 nitrogen and oxygen atoms in total. The van der Waals surface area contributed by atoms with Crippen LogP contribution >= 0.6 is 0 Å². The molecule has 0 bridgehead atoms.